The van der Waals surface area contributed by atoms with Crippen LogP contribution in [0.5, 0.6) is 0 Å². The number of nitrogens with zero attached hydrogens (tertiary/aromatic N) is 1. The van der Waals surface area contributed by atoms with Gasteiger partial charge in [-0.1, -0.05) is 12.1 Å². The molecule has 0 unspecified atom stereocenters. The van der Waals surface area contributed by atoms with E-state index in [1.807, 2.05) is 25.1 Å². The van der Waals surface area contributed by atoms with Crippen molar-refractivity contribution >= 4 is 33.2 Å². The number of hydrogen-bond donors (Lipinski definition) is 2. The van der Waals surface area contributed by atoms with E-state index in [0.717, 1.165) is 5.56 Å². The van der Waals surface area contributed by atoms with Crippen LogP contribution in [-0.4, -0.2) is 10.5 Å². The van der Waals surface area contributed by atoms with E-state index in [9.17, 15) is 9.59 Å². The molecular formula is C15H16BrN3O2. The zero-order chi connectivity index (χ0) is 15.6. The second-order valence-corrected chi connectivity index (χ2v) is 5.67. The highest BCUT2D eigenvalue weighted by molar-refractivity contribution is 9.10. The van der Waals surface area contributed by atoms with Crippen molar-refractivity contribution in [3.8, 4) is 0 Å². The smallest absolute Gasteiger partial charge is 0.265 e. The molecule has 0 saturated heterocycles. The average Bonchev–Trinajstić information content (AvgIpc) is 2.42. The molecule has 0 fully saturated rings. The van der Waals surface area contributed by atoms with Crippen LogP contribution in [0, 0.1) is 13.8 Å². The van der Waals surface area contributed by atoms with Gasteiger partial charge >= 0.3 is 0 Å². The molecule has 1 aromatic heterocycles. The molecule has 1 heterocycles. The molecule has 5 nitrogen and oxygen atoms in total. The van der Waals surface area contributed by atoms with E-state index in [1.54, 1.807) is 13.0 Å². The van der Waals surface area contributed by atoms with E-state index in [1.165, 1.54) is 10.8 Å². The Labute approximate surface area is 130 Å². The Kier molecular flexibility index (Phi) is 4.47. The molecule has 0 aliphatic carbocycles. The van der Waals surface area contributed by atoms with Gasteiger partial charge in [-0.25, -0.2) is 0 Å². The summed E-state index contributed by atoms with van der Waals surface area (Å²) in [7, 11) is 0. The first kappa shape index (κ1) is 15.3. The Morgan fingerprint density at radius 1 is 1.38 bits per heavy atom. The molecule has 3 N–H and O–H groups in total. The molecule has 1 amide bonds. The number of benzene rings is 1. The van der Waals surface area contributed by atoms with E-state index in [0.29, 0.717) is 21.4 Å². The molecule has 1 aromatic carbocycles. The lowest BCUT2D eigenvalue weighted by Gasteiger charge is -2.11. The van der Waals surface area contributed by atoms with Crippen molar-refractivity contribution < 1.29 is 4.79 Å². The number of pyridine rings is 1. The largest absolute Gasteiger partial charge is 0.397 e. The number of carbonyl (C=O) groups is 1. The third-order valence-corrected chi connectivity index (χ3v) is 4.06. The fraction of sp³-hybridized carbons (Fsp3) is 0.200. The fourth-order valence-electron chi connectivity index (χ4n) is 1.93. The fourth-order valence-corrected chi connectivity index (χ4v) is 2.39. The molecule has 2 rings (SSSR count). The molecule has 0 aliphatic rings. The van der Waals surface area contributed by atoms with Crippen LogP contribution in [0.15, 0.2) is 39.7 Å². The molecular weight excluding hydrogens is 334 g/mol. The zero-order valence-electron chi connectivity index (χ0n) is 11.8. The SMILES string of the molecule is Cc1cccc(NC(=O)Cn2cc(N)c(C)c(Br)c2=O)c1. The van der Waals surface area contributed by atoms with Gasteiger partial charge in [0.2, 0.25) is 5.91 Å². The number of nitrogens with two attached hydrogens (primary N) is 1. The highest BCUT2D eigenvalue weighted by Gasteiger charge is 2.11. The van der Waals surface area contributed by atoms with Gasteiger partial charge in [0.25, 0.3) is 5.56 Å². The number of carbonyl (C=O) groups excluding carboxylic acids is 1. The lowest BCUT2D eigenvalue weighted by molar-refractivity contribution is -0.116. The van der Waals surface area contributed by atoms with Gasteiger partial charge in [0, 0.05) is 11.9 Å². The standard InChI is InChI=1S/C15H16BrN3O2/c1-9-4-3-5-11(6-9)18-13(20)8-19-7-12(17)10(2)14(16)15(19)21/h3-7H,8,17H2,1-2H3,(H,18,20). The summed E-state index contributed by atoms with van der Waals surface area (Å²) in [6.07, 6.45) is 1.48. The predicted molar refractivity (Wildman–Crippen MR) is 87.4 cm³/mol. The maximum Gasteiger partial charge on any atom is 0.265 e. The molecule has 0 atom stereocenters. The molecule has 21 heavy (non-hydrogen) atoms. The van der Waals surface area contributed by atoms with E-state index in [4.69, 9.17) is 5.73 Å². The van der Waals surface area contributed by atoms with Crippen LogP contribution in [0.3, 0.4) is 0 Å². The summed E-state index contributed by atoms with van der Waals surface area (Å²) in [5.41, 5.74) is 8.43. The topological polar surface area (TPSA) is 77.1 Å². The van der Waals surface area contributed by atoms with Crippen LogP contribution >= 0.6 is 15.9 Å². The summed E-state index contributed by atoms with van der Waals surface area (Å²) < 4.78 is 1.67. The van der Waals surface area contributed by atoms with E-state index >= 15 is 0 Å². The summed E-state index contributed by atoms with van der Waals surface area (Å²) in [6, 6.07) is 7.46. The summed E-state index contributed by atoms with van der Waals surface area (Å²) in [4.78, 5) is 24.1. The van der Waals surface area contributed by atoms with Crippen LogP contribution < -0.4 is 16.6 Å². The van der Waals surface area contributed by atoms with Gasteiger partial charge in [-0.15, -0.1) is 0 Å². The Balaban J connectivity index is 2.19. The van der Waals surface area contributed by atoms with Gasteiger partial charge in [-0.2, -0.15) is 0 Å². The minimum absolute atomic E-state index is 0.0874. The highest BCUT2D eigenvalue weighted by Crippen LogP contribution is 2.17. The Morgan fingerprint density at radius 3 is 2.76 bits per heavy atom. The average molecular weight is 350 g/mol. The summed E-state index contributed by atoms with van der Waals surface area (Å²) >= 11 is 3.20. The van der Waals surface area contributed by atoms with E-state index in [2.05, 4.69) is 21.2 Å². The van der Waals surface area contributed by atoms with Crippen molar-refractivity contribution in [2.24, 2.45) is 0 Å². The van der Waals surface area contributed by atoms with E-state index < -0.39 is 0 Å². The highest BCUT2D eigenvalue weighted by atomic mass is 79.9. The number of nitrogens with one attached hydrogen (secondary N) is 1. The Hall–Kier alpha value is -2.08. The normalized spacial score (nSPS) is 10.4. The number of aromatic nitrogens is 1. The number of nitrogen functional groups attached to an aromatic ring is 1. The molecule has 0 aliphatic heterocycles. The second-order valence-electron chi connectivity index (χ2n) is 4.87. The van der Waals surface area contributed by atoms with Crippen molar-refractivity contribution in [2.75, 3.05) is 11.1 Å². The number of rotatable bonds is 3. The van der Waals surface area contributed by atoms with Crippen LogP contribution in [0.25, 0.3) is 0 Å². The first-order valence-electron chi connectivity index (χ1n) is 6.40. The zero-order valence-corrected chi connectivity index (χ0v) is 13.4. The van der Waals surface area contributed by atoms with Crippen LogP contribution in [0.4, 0.5) is 11.4 Å². The van der Waals surface area contributed by atoms with Crippen molar-refractivity contribution in [2.45, 2.75) is 20.4 Å². The Morgan fingerprint density at radius 2 is 2.10 bits per heavy atom. The minimum atomic E-state index is -0.280. The van der Waals surface area contributed by atoms with Crippen molar-refractivity contribution in [3.63, 3.8) is 0 Å². The van der Waals surface area contributed by atoms with Crippen molar-refractivity contribution in [1.29, 1.82) is 0 Å². The second kappa shape index (κ2) is 6.13. The van der Waals surface area contributed by atoms with Gasteiger partial charge in [0.1, 0.15) is 6.54 Å². The molecule has 110 valence electrons. The molecule has 0 spiro atoms. The quantitative estimate of drug-likeness (QED) is 0.893. The number of aryl methyl sites for hydroxylation is 1. The van der Waals surface area contributed by atoms with Crippen LogP contribution in [-0.2, 0) is 11.3 Å². The molecule has 0 bridgehead atoms. The van der Waals surface area contributed by atoms with Crippen molar-refractivity contribution in [1.82, 2.24) is 4.57 Å². The number of halogens is 1. The predicted octanol–water partition coefficient (Wildman–Crippen LogP) is 2.45. The van der Waals surface area contributed by atoms with Crippen LogP contribution in [0.1, 0.15) is 11.1 Å². The monoisotopic (exact) mass is 349 g/mol. The first-order chi connectivity index (χ1) is 9.88. The van der Waals surface area contributed by atoms with Crippen molar-refractivity contribution in [3.05, 3.63) is 56.4 Å². The third-order valence-electron chi connectivity index (χ3n) is 3.12. The maximum atomic E-state index is 12.1. The third kappa shape index (κ3) is 3.52. The number of anilines is 2. The first-order valence-corrected chi connectivity index (χ1v) is 7.19. The van der Waals surface area contributed by atoms with Gasteiger partial charge in [0.05, 0.1) is 10.2 Å². The molecule has 2 aromatic rings. The molecule has 0 radical (unpaired) electrons. The van der Waals surface area contributed by atoms with Gasteiger partial charge in [-0.05, 0) is 53.0 Å². The lowest BCUT2D eigenvalue weighted by Crippen LogP contribution is -2.28. The minimum Gasteiger partial charge on any atom is -0.397 e. The van der Waals surface area contributed by atoms with Crippen LogP contribution in [0.2, 0.25) is 0 Å². The maximum absolute atomic E-state index is 12.1. The van der Waals surface area contributed by atoms with Gasteiger partial charge < -0.3 is 15.6 Å². The number of amides is 1. The van der Waals surface area contributed by atoms with Gasteiger partial charge in [0.15, 0.2) is 0 Å². The Bertz CT molecular complexity index is 753. The van der Waals surface area contributed by atoms with E-state index in [-0.39, 0.29) is 18.0 Å². The summed E-state index contributed by atoms with van der Waals surface area (Å²) in [6.45, 7) is 3.60. The molecule has 0 saturated carbocycles. The summed E-state index contributed by atoms with van der Waals surface area (Å²) in [5.74, 6) is -0.280. The van der Waals surface area contributed by atoms with Gasteiger partial charge in [-0.3, -0.25) is 9.59 Å². The molecule has 6 heteroatoms. The summed E-state index contributed by atoms with van der Waals surface area (Å²) in [5, 5.41) is 2.76. The number of hydrogen-bond acceptors (Lipinski definition) is 3. The lowest BCUT2D eigenvalue weighted by atomic mass is 10.2.